The molecular formula is C12H15N3O3S. The molecule has 0 aliphatic carbocycles. The van der Waals surface area contributed by atoms with E-state index < -0.39 is 16.9 Å². The highest BCUT2D eigenvalue weighted by Gasteiger charge is 2.08. The van der Waals surface area contributed by atoms with E-state index in [1.54, 1.807) is 0 Å². The number of hydrogen-bond acceptors (Lipinski definition) is 4. The van der Waals surface area contributed by atoms with E-state index in [2.05, 4.69) is 20.0 Å². The van der Waals surface area contributed by atoms with Crippen LogP contribution in [-0.2, 0) is 21.3 Å². The van der Waals surface area contributed by atoms with Crippen molar-refractivity contribution in [2.75, 3.05) is 18.2 Å². The van der Waals surface area contributed by atoms with Gasteiger partial charge in [-0.3, -0.25) is 9.53 Å². The molecule has 0 fully saturated rings. The Morgan fingerprint density at radius 2 is 2.32 bits per heavy atom. The first-order chi connectivity index (χ1) is 9.12. The molecule has 2 N–H and O–H groups in total. The fraction of sp³-hybridized carbons (Fsp3) is 0.333. The topological polar surface area (TPSA) is 84.1 Å². The molecule has 0 saturated heterocycles. The zero-order chi connectivity index (χ0) is 13.8. The van der Waals surface area contributed by atoms with Crippen LogP contribution in [0.15, 0.2) is 18.2 Å². The number of carbonyl (C=O) groups excluding carboxylic acids is 1. The molecule has 2 rings (SSSR count). The minimum Gasteiger partial charge on any atom is -0.453 e. The van der Waals surface area contributed by atoms with Gasteiger partial charge in [0.2, 0.25) is 5.95 Å². The monoisotopic (exact) mass is 281 g/mol. The van der Waals surface area contributed by atoms with E-state index in [9.17, 15) is 9.00 Å². The minimum atomic E-state index is -0.849. The van der Waals surface area contributed by atoms with E-state index in [0.717, 1.165) is 16.6 Å². The largest absolute Gasteiger partial charge is 0.453 e. The highest BCUT2D eigenvalue weighted by molar-refractivity contribution is 7.84. The molecule has 1 aromatic heterocycles. The molecule has 1 amide bonds. The second kappa shape index (κ2) is 5.83. The van der Waals surface area contributed by atoms with Gasteiger partial charge in [0.1, 0.15) is 0 Å². The smallest absolute Gasteiger partial charge is 0.413 e. The lowest BCUT2D eigenvalue weighted by Gasteiger charge is -1.99. The predicted octanol–water partition coefficient (Wildman–Crippen LogP) is 2.01. The normalized spacial score (nSPS) is 12.3. The number of fused-ring (bicyclic) bond motifs is 1. The van der Waals surface area contributed by atoms with Crippen LogP contribution in [0.1, 0.15) is 12.5 Å². The summed E-state index contributed by atoms with van der Waals surface area (Å²) in [6.07, 6.45) is -0.577. The van der Waals surface area contributed by atoms with Crippen molar-refractivity contribution in [1.82, 2.24) is 9.97 Å². The molecule has 19 heavy (non-hydrogen) atoms. The summed E-state index contributed by atoms with van der Waals surface area (Å²) in [5.41, 5.74) is 2.50. The zero-order valence-corrected chi connectivity index (χ0v) is 11.5. The fourth-order valence-corrected chi connectivity index (χ4v) is 2.40. The van der Waals surface area contributed by atoms with Crippen molar-refractivity contribution in [3.05, 3.63) is 23.8 Å². The lowest BCUT2D eigenvalue weighted by molar-refractivity contribution is 0.186. The number of H-pyrrole nitrogens is 1. The molecule has 0 spiro atoms. The van der Waals surface area contributed by atoms with Crippen molar-refractivity contribution in [2.24, 2.45) is 0 Å². The van der Waals surface area contributed by atoms with Crippen molar-refractivity contribution in [1.29, 1.82) is 0 Å². The number of methoxy groups -OCH3 is 1. The summed E-state index contributed by atoms with van der Waals surface area (Å²) < 4.78 is 16.0. The third-order valence-electron chi connectivity index (χ3n) is 2.60. The lowest BCUT2D eigenvalue weighted by atomic mass is 10.2. The molecule has 1 atom stereocenters. The van der Waals surface area contributed by atoms with E-state index in [4.69, 9.17) is 0 Å². The molecule has 0 bridgehead atoms. The van der Waals surface area contributed by atoms with E-state index in [-0.39, 0.29) is 0 Å². The van der Waals surface area contributed by atoms with Gasteiger partial charge in [-0.2, -0.15) is 0 Å². The first-order valence-electron chi connectivity index (χ1n) is 5.81. The van der Waals surface area contributed by atoms with Crippen molar-refractivity contribution in [2.45, 2.75) is 12.7 Å². The van der Waals surface area contributed by atoms with Gasteiger partial charge in [-0.05, 0) is 17.7 Å². The predicted molar refractivity (Wildman–Crippen MR) is 74.5 cm³/mol. The van der Waals surface area contributed by atoms with Crippen molar-refractivity contribution in [3.8, 4) is 0 Å². The molecule has 1 heterocycles. The Bertz CT molecular complexity index is 608. The summed E-state index contributed by atoms with van der Waals surface area (Å²) in [5.74, 6) is 1.48. The van der Waals surface area contributed by atoms with Crippen LogP contribution in [0.5, 0.6) is 0 Å². The Morgan fingerprint density at radius 3 is 3.00 bits per heavy atom. The van der Waals surface area contributed by atoms with Gasteiger partial charge in [-0.15, -0.1) is 0 Å². The summed E-state index contributed by atoms with van der Waals surface area (Å²) >= 11 is 0. The van der Waals surface area contributed by atoms with Crippen LogP contribution in [0.2, 0.25) is 0 Å². The molecule has 0 aliphatic heterocycles. The number of benzene rings is 1. The number of carbonyl (C=O) groups is 1. The number of imidazole rings is 1. The number of nitrogens with zero attached hydrogens (tertiary/aromatic N) is 1. The number of nitrogens with one attached hydrogen (secondary N) is 2. The number of anilines is 1. The third-order valence-corrected chi connectivity index (χ3v) is 3.90. The van der Waals surface area contributed by atoms with E-state index in [1.807, 2.05) is 25.1 Å². The summed E-state index contributed by atoms with van der Waals surface area (Å²) in [4.78, 5) is 18.2. The molecular weight excluding hydrogens is 266 g/mol. The number of hydrogen-bond donors (Lipinski definition) is 2. The van der Waals surface area contributed by atoms with Gasteiger partial charge < -0.3 is 9.72 Å². The Balaban J connectivity index is 2.23. The maximum absolute atomic E-state index is 11.5. The Morgan fingerprint density at radius 1 is 1.53 bits per heavy atom. The van der Waals surface area contributed by atoms with Crippen molar-refractivity contribution in [3.63, 3.8) is 0 Å². The number of ether oxygens (including phenoxy) is 1. The molecule has 2 aromatic rings. The van der Waals surface area contributed by atoms with Crippen LogP contribution in [-0.4, -0.2) is 33.1 Å². The minimum absolute atomic E-state index is 0.329. The van der Waals surface area contributed by atoms with Crippen LogP contribution in [0.25, 0.3) is 11.0 Å². The number of aromatic amines is 1. The average Bonchev–Trinajstić information content (AvgIpc) is 2.79. The Kier molecular flexibility index (Phi) is 4.16. The van der Waals surface area contributed by atoms with Crippen LogP contribution in [0.4, 0.5) is 10.7 Å². The third kappa shape index (κ3) is 3.31. The van der Waals surface area contributed by atoms with Gasteiger partial charge in [0.25, 0.3) is 0 Å². The maximum atomic E-state index is 11.5. The van der Waals surface area contributed by atoms with E-state index >= 15 is 0 Å². The van der Waals surface area contributed by atoms with Crippen LogP contribution in [0.3, 0.4) is 0 Å². The zero-order valence-electron chi connectivity index (χ0n) is 10.7. The summed E-state index contributed by atoms with van der Waals surface area (Å²) in [7, 11) is 0.439. The van der Waals surface area contributed by atoms with Crippen molar-refractivity contribution < 1.29 is 13.7 Å². The van der Waals surface area contributed by atoms with Gasteiger partial charge in [-0.1, -0.05) is 13.0 Å². The summed E-state index contributed by atoms with van der Waals surface area (Å²) in [5, 5.41) is 2.46. The standard InChI is InChI=1S/C12H15N3O3S/c1-3-19(17)7-8-4-5-9-10(6-8)14-11(13-9)15-12(16)18-2/h4-6H,3,7H2,1-2H3,(H2,13,14,15,16). The number of amides is 1. The van der Waals surface area contributed by atoms with Gasteiger partial charge in [0.05, 0.1) is 18.1 Å². The molecule has 1 aromatic carbocycles. The van der Waals surface area contributed by atoms with Gasteiger partial charge in [-0.25, -0.2) is 9.78 Å². The highest BCUT2D eigenvalue weighted by Crippen LogP contribution is 2.17. The Labute approximate surface area is 113 Å². The molecule has 0 aliphatic rings. The molecule has 102 valence electrons. The maximum Gasteiger partial charge on any atom is 0.413 e. The second-order valence-electron chi connectivity index (χ2n) is 3.93. The quantitative estimate of drug-likeness (QED) is 0.898. The van der Waals surface area contributed by atoms with Crippen LogP contribution >= 0.6 is 0 Å². The Hall–Kier alpha value is -1.89. The summed E-state index contributed by atoms with van der Waals surface area (Å²) in [6, 6.07) is 5.60. The van der Waals surface area contributed by atoms with Crippen molar-refractivity contribution >= 4 is 33.9 Å². The number of rotatable bonds is 4. The molecule has 7 heteroatoms. The molecule has 6 nitrogen and oxygen atoms in total. The van der Waals surface area contributed by atoms with E-state index in [1.165, 1.54) is 7.11 Å². The first-order valence-corrected chi connectivity index (χ1v) is 7.29. The van der Waals surface area contributed by atoms with Crippen LogP contribution in [0, 0.1) is 0 Å². The highest BCUT2D eigenvalue weighted by atomic mass is 32.2. The SMILES string of the molecule is CCS(=O)Cc1ccc2nc(NC(=O)OC)[nH]c2c1. The van der Waals surface area contributed by atoms with E-state index in [0.29, 0.717) is 17.5 Å². The van der Waals surface area contributed by atoms with Gasteiger partial charge in [0, 0.05) is 22.3 Å². The molecule has 0 saturated carbocycles. The van der Waals surface area contributed by atoms with Gasteiger partial charge >= 0.3 is 6.09 Å². The second-order valence-corrected chi connectivity index (χ2v) is 5.67. The summed E-state index contributed by atoms with van der Waals surface area (Å²) in [6.45, 7) is 1.89. The number of aromatic nitrogens is 2. The van der Waals surface area contributed by atoms with Crippen LogP contribution < -0.4 is 5.32 Å². The molecule has 1 unspecified atom stereocenters. The first kappa shape index (κ1) is 13.5. The average molecular weight is 281 g/mol. The molecule has 0 radical (unpaired) electrons. The van der Waals surface area contributed by atoms with Gasteiger partial charge in [0.15, 0.2) is 0 Å². The fourth-order valence-electron chi connectivity index (χ4n) is 1.64. The lowest BCUT2D eigenvalue weighted by Crippen LogP contribution is -2.11.